The van der Waals surface area contributed by atoms with E-state index < -0.39 is 46.0 Å². The van der Waals surface area contributed by atoms with Gasteiger partial charge in [-0.3, -0.25) is 19.2 Å². The zero-order valence-electron chi connectivity index (χ0n) is 89.9. The molecule has 0 spiro atoms. The average Bonchev–Trinajstić information content (AvgIpc) is 0.754. The molecule has 3 aromatic rings. The van der Waals surface area contributed by atoms with Gasteiger partial charge in [-0.1, -0.05) is 553 Å². The van der Waals surface area contributed by atoms with E-state index in [-0.39, 0.29) is 66.0 Å². The molecule has 3 rings (SSSR count). The van der Waals surface area contributed by atoms with Crippen LogP contribution in [0.2, 0.25) is 0 Å². The number of phenolic OH excluding ortho intramolecular Hbond substituents is 3. The second kappa shape index (κ2) is 72.3. The number of carbonyl (C=O) groups excluding carboxylic acids is 4. The van der Waals surface area contributed by atoms with Crippen LogP contribution in [0.1, 0.15) is 593 Å². The Kier molecular flexibility index (Phi) is 67.3. The molecule has 0 fully saturated rings. The van der Waals surface area contributed by atoms with Gasteiger partial charge in [0.1, 0.15) is 17.2 Å². The van der Waals surface area contributed by atoms with Crippen molar-refractivity contribution in [3.05, 3.63) is 86.5 Å². The summed E-state index contributed by atoms with van der Waals surface area (Å²) >= 11 is 0. The third kappa shape index (κ3) is 56.4. The van der Waals surface area contributed by atoms with E-state index in [1.54, 1.807) is 0 Å². The van der Waals surface area contributed by atoms with Crippen molar-refractivity contribution in [2.75, 3.05) is 26.4 Å². The maximum Gasteiger partial charge on any atom is 0.324 e. The largest absolute Gasteiger partial charge is 0.507 e. The Labute approximate surface area is 809 Å². The number of aryl methyl sites for hydroxylation is 1. The highest BCUT2D eigenvalue weighted by Crippen LogP contribution is 2.46. The minimum Gasteiger partial charge on any atom is -0.507 e. The van der Waals surface area contributed by atoms with Gasteiger partial charge in [-0.15, -0.1) is 0 Å². The summed E-state index contributed by atoms with van der Waals surface area (Å²) in [5.74, 6) is -2.87. The summed E-state index contributed by atoms with van der Waals surface area (Å²) in [5, 5.41) is 35.3. The van der Waals surface area contributed by atoms with Gasteiger partial charge in [0, 0.05) is 12.8 Å². The molecule has 0 heterocycles. The molecule has 0 unspecified atom stereocenters. The molecule has 0 aromatic heterocycles. The first-order valence-corrected chi connectivity index (χ1v) is 55.8. The Morgan fingerprint density at radius 3 is 0.656 bits per heavy atom. The van der Waals surface area contributed by atoms with Crippen molar-refractivity contribution >= 4 is 23.9 Å². The van der Waals surface area contributed by atoms with Crippen LogP contribution in [0.25, 0.3) is 0 Å². The molecule has 0 aliphatic rings. The fourth-order valence-electron chi connectivity index (χ4n) is 18.5. The number of carbonyl (C=O) groups is 4. The van der Waals surface area contributed by atoms with E-state index in [0.29, 0.717) is 37.2 Å². The monoisotopic (exact) mass is 1830 g/mol. The van der Waals surface area contributed by atoms with E-state index in [9.17, 15) is 24.9 Å². The van der Waals surface area contributed by atoms with Gasteiger partial charge in [-0.05, 0) is 116 Å². The summed E-state index contributed by atoms with van der Waals surface area (Å²) in [6.45, 7) is 43.5. The second-order valence-electron chi connectivity index (χ2n) is 45.6. The summed E-state index contributed by atoms with van der Waals surface area (Å²) < 4.78 is 24.0. The molecule has 3 N–H and O–H groups in total. The number of hydrogen-bond donors (Lipinski definition) is 3. The molecule has 758 valence electrons. The number of aromatic hydroxyl groups is 3. The summed E-state index contributed by atoms with van der Waals surface area (Å²) in [7, 11) is 0. The topological polar surface area (TPSA) is 166 Å². The number of unbranched alkanes of at least 4 members (excludes halogenated alkanes) is 60. The van der Waals surface area contributed by atoms with Gasteiger partial charge in [-0.2, -0.15) is 0 Å². The van der Waals surface area contributed by atoms with E-state index >= 15 is 9.59 Å². The maximum absolute atomic E-state index is 15.3. The Balaban J connectivity index is 0.000000926. The van der Waals surface area contributed by atoms with Gasteiger partial charge < -0.3 is 34.3 Å². The van der Waals surface area contributed by atoms with Crippen LogP contribution < -0.4 is 0 Å². The highest BCUT2D eigenvalue weighted by atomic mass is 16.6. The van der Waals surface area contributed by atoms with E-state index in [1.807, 2.05) is 31.2 Å². The van der Waals surface area contributed by atoms with Crippen molar-refractivity contribution < 1.29 is 53.4 Å². The van der Waals surface area contributed by atoms with Crippen molar-refractivity contribution in [3.8, 4) is 17.2 Å². The zero-order chi connectivity index (χ0) is 97.1. The summed E-state index contributed by atoms with van der Waals surface area (Å²) in [5.41, 5.74) is 3.36. The lowest BCUT2D eigenvalue weighted by molar-refractivity contribution is -0.173. The number of hydrogen-bond acceptors (Lipinski definition) is 11. The van der Waals surface area contributed by atoms with Crippen molar-refractivity contribution in [2.45, 2.75) is 596 Å². The highest BCUT2D eigenvalue weighted by Gasteiger charge is 2.51. The average molecular weight is 1830 g/mol. The van der Waals surface area contributed by atoms with Crippen LogP contribution in [0.15, 0.2) is 36.4 Å². The van der Waals surface area contributed by atoms with Crippen molar-refractivity contribution in [1.82, 2.24) is 0 Å². The van der Waals surface area contributed by atoms with Crippen LogP contribution in [0.3, 0.4) is 0 Å². The van der Waals surface area contributed by atoms with Gasteiger partial charge in [0.15, 0.2) is 11.3 Å². The number of rotatable bonds is 78. The predicted molar refractivity (Wildman–Crippen MR) is 562 cm³/mol. The van der Waals surface area contributed by atoms with Crippen LogP contribution in [0.4, 0.5) is 0 Å². The number of ether oxygens (including phenoxy) is 4. The molecular formula is C120H212O11. The SMILES string of the molecule is CCCCCCCCCCCCCCCCCCOC(=O)C(Cc1cc(C(C)(C)C)cc(C(C)(C)C)c1O)(Cc1cc(C(C)(C)C)cc(C(C)(C)C)c1O)C(=O)OCCCCCCCCCCCCCCCCCC.CCCCCCCCCCCCCCCCCCOC(=O)C(Cc1cc(C)c(O)c(C(C)(C)C)c1)C(=O)OCCCCCCCCCCCCCCCCCC. The third-order valence-electron chi connectivity index (χ3n) is 27.6. The number of benzene rings is 3. The van der Waals surface area contributed by atoms with Crippen LogP contribution >= 0.6 is 0 Å². The smallest absolute Gasteiger partial charge is 0.324 e. The lowest BCUT2D eigenvalue weighted by atomic mass is 9.71. The second-order valence-corrected chi connectivity index (χ2v) is 45.6. The molecule has 0 amide bonds. The van der Waals surface area contributed by atoms with Crippen LogP contribution in [-0.4, -0.2) is 65.6 Å². The highest BCUT2D eigenvalue weighted by molar-refractivity contribution is 6.01. The van der Waals surface area contributed by atoms with Gasteiger partial charge in [0.25, 0.3) is 0 Å². The molecule has 3 aromatic carbocycles. The first kappa shape index (κ1) is 122. The number of phenols is 3. The molecule has 11 nitrogen and oxygen atoms in total. The van der Waals surface area contributed by atoms with Crippen LogP contribution in [-0.2, 0) is 84.5 Å². The molecule has 0 saturated carbocycles. The fourth-order valence-corrected chi connectivity index (χ4v) is 18.5. The Morgan fingerprint density at radius 1 is 0.252 bits per heavy atom. The quantitative estimate of drug-likeness (QED) is 0.0213. The molecule has 131 heavy (non-hydrogen) atoms. The summed E-state index contributed by atoms with van der Waals surface area (Å²) in [6.07, 6.45) is 81.3. The van der Waals surface area contributed by atoms with Crippen LogP contribution in [0.5, 0.6) is 17.2 Å². The Hall–Kier alpha value is -5.06. The van der Waals surface area contributed by atoms with Gasteiger partial charge in [-0.25, -0.2) is 0 Å². The minimum absolute atomic E-state index is 0.0825. The molecule has 0 radical (unpaired) electrons. The molecule has 0 aliphatic heterocycles. The maximum atomic E-state index is 15.3. The van der Waals surface area contributed by atoms with E-state index in [1.165, 1.54) is 334 Å². The predicted octanol–water partition coefficient (Wildman–Crippen LogP) is 36.4. The van der Waals surface area contributed by atoms with Crippen molar-refractivity contribution in [1.29, 1.82) is 0 Å². The molecule has 0 aliphatic carbocycles. The Bertz CT molecular complexity index is 3190. The molecule has 0 saturated heterocycles. The first-order valence-electron chi connectivity index (χ1n) is 55.8. The summed E-state index contributed by atoms with van der Waals surface area (Å²) in [4.78, 5) is 57.4. The van der Waals surface area contributed by atoms with Crippen LogP contribution in [0, 0.1) is 18.3 Å². The zero-order valence-corrected chi connectivity index (χ0v) is 89.9. The standard InChI is InChI=1S/C69H120O6.C51H92O5/c1-15-17-19-21-23-25-27-29-31-33-35-37-39-41-43-45-47-74-63(72)69(53-55-49-57(65(3,4)5)51-59(61(55)70)67(9,10)11,54-56-50-58(66(6,7)8)52-60(62(56)71)68(12,13)14)64(73)75-48-46-44-42-40-38-36-34-32-30-28-26-24-22-20-18-16-2;1-7-9-11-13-15-17-19-21-23-25-27-29-31-33-35-37-39-55-49(53)46(42-45-41-44(3)48(52)47(43-45)51(4,5)6)50(54)56-40-38-36-34-32-30-28-26-24-22-20-18-16-14-12-10-8-2/h49-52,70-71H,15-48,53-54H2,1-14H3;41,43,46,52H,7-40,42H2,1-6H3. The van der Waals surface area contributed by atoms with E-state index in [4.69, 9.17) is 18.9 Å². The first-order chi connectivity index (χ1) is 62.5. The van der Waals surface area contributed by atoms with Gasteiger partial charge in [0.2, 0.25) is 0 Å². The van der Waals surface area contributed by atoms with E-state index in [2.05, 4.69) is 144 Å². The minimum atomic E-state index is -1.89. The fraction of sp³-hybridized carbons (Fsp3) is 0.817. The lowest BCUT2D eigenvalue weighted by Crippen LogP contribution is -2.46. The normalized spacial score (nSPS) is 12.3. The van der Waals surface area contributed by atoms with Gasteiger partial charge in [0.05, 0.1) is 26.4 Å². The summed E-state index contributed by atoms with van der Waals surface area (Å²) in [6, 6.07) is 11.9. The Morgan fingerprint density at radius 2 is 0.450 bits per heavy atom. The lowest BCUT2D eigenvalue weighted by Gasteiger charge is -2.34. The van der Waals surface area contributed by atoms with Crippen molar-refractivity contribution in [3.63, 3.8) is 0 Å². The van der Waals surface area contributed by atoms with Gasteiger partial charge >= 0.3 is 23.9 Å². The molecule has 11 heteroatoms. The molecule has 0 atom stereocenters. The molecule has 0 bridgehead atoms. The van der Waals surface area contributed by atoms with E-state index in [0.717, 1.165) is 103 Å². The van der Waals surface area contributed by atoms with Crippen molar-refractivity contribution in [2.24, 2.45) is 11.3 Å². The molecular weight excluding hydrogens is 1620 g/mol. The number of esters is 4. The third-order valence-corrected chi connectivity index (χ3v) is 27.6.